The maximum absolute atomic E-state index is 13.7. The second kappa shape index (κ2) is 6.68. The Balaban J connectivity index is 1.85. The first-order chi connectivity index (χ1) is 12.0. The monoisotopic (exact) mass is 340 g/mol. The number of carbonyl (C=O) groups is 1. The van der Waals surface area contributed by atoms with E-state index < -0.39 is 17.5 Å². The lowest BCUT2D eigenvalue weighted by molar-refractivity contribution is 0.0952. The SMILES string of the molecule is CC(=NNC(=O)c1cc2ccccc2cc1O)c1ccc(F)cc1F. The maximum atomic E-state index is 13.7. The van der Waals surface area contributed by atoms with Crippen LogP contribution in [0.3, 0.4) is 0 Å². The molecular weight excluding hydrogens is 326 g/mol. The summed E-state index contributed by atoms with van der Waals surface area (Å²) in [6.45, 7) is 1.48. The normalized spacial score (nSPS) is 11.6. The number of nitrogens with zero attached hydrogens (tertiary/aromatic N) is 1. The van der Waals surface area contributed by atoms with Gasteiger partial charge in [0.25, 0.3) is 5.91 Å². The van der Waals surface area contributed by atoms with Gasteiger partial charge in [-0.15, -0.1) is 0 Å². The molecule has 0 aliphatic carbocycles. The molecule has 0 unspecified atom stereocenters. The fraction of sp³-hybridized carbons (Fsp3) is 0.0526. The predicted octanol–water partition coefficient (Wildman–Crippen LogP) is 3.98. The molecule has 0 fully saturated rings. The van der Waals surface area contributed by atoms with E-state index in [0.29, 0.717) is 0 Å². The number of fused-ring (bicyclic) bond motifs is 1. The molecule has 0 heterocycles. The molecule has 0 aromatic heterocycles. The number of hydrogen-bond donors (Lipinski definition) is 2. The summed E-state index contributed by atoms with van der Waals surface area (Å²) in [4.78, 5) is 12.3. The Morgan fingerprint density at radius 1 is 1.00 bits per heavy atom. The number of benzene rings is 3. The summed E-state index contributed by atoms with van der Waals surface area (Å²) in [5.74, 6) is -2.29. The summed E-state index contributed by atoms with van der Waals surface area (Å²) < 4.78 is 26.7. The van der Waals surface area contributed by atoms with Gasteiger partial charge in [-0.3, -0.25) is 4.79 Å². The van der Waals surface area contributed by atoms with Crippen LogP contribution in [-0.2, 0) is 0 Å². The van der Waals surface area contributed by atoms with Crippen molar-refractivity contribution in [3.05, 3.63) is 77.4 Å². The second-order valence-corrected chi connectivity index (χ2v) is 5.48. The van der Waals surface area contributed by atoms with Crippen LogP contribution in [0.15, 0.2) is 59.7 Å². The Kier molecular flexibility index (Phi) is 4.43. The third-order valence-corrected chi connectivity index (χ3v) is 3.75. The van der Waals surface area contributed by atoms with E-state index in [0.717, 1.165) is 22.9 Å². The van der Waals surface area contributed by atoms with Gasteiger partial charge in [0.05, 0.1) is 11.3 Å². The number of phenolic OH excluding ortho intramolecular Hbond substituents is 1. The summed E-state index contributed by atoms with van der Waals surface area (Å²) in [5.41, 5.74) is 2.57. The summed E-state index contributed by atoms with van der Waals surface area (Å²) >= 11 is 0. The topological polar surface area (TPSA) is 61.7 Å². The van der Waals surface area contributed by atoms with Crippen LogP contribution < -0.4 is 5.43 Å². The average molecular weight is 340 g/mol. The van der Waals surface area contributed by atoms with Crippen molar-refractivity contribution in [1.29, 1.82) is 0 Å². The molecule has 3 aromatic rings. The molecule has 4 nitrogen and oxygen atoms in total. The highest BCUT2D eigenvalue weighted by Gasteiger charge is 2.13. The van der Waals surface area contributed by atoms with E-state index in [4.69, 9.17) is 0 Å². The number of hydrogen-bond acceptors (Lipinski definition) is 3. The Hall–Kier alpha value is -3.28. The van der Waals surface area contributed by atoms with Crippen LogP contribution in [0.25, 0.3) is 10.8 Å². The minimum atomic E-state index is -0.774. The smallest absolute Gasteiger partial charge is 0.275 e. The summed E-state index contributed by atoms with van der Waals surface area (Å²) in [6.07, 6.45) is 0. The summed E-state index contributed by atoms with van der Waals surface area (Å²) in [5, 5.41) is 15.4. The molecule has 0 saturated heterocycles. The first kappa shape index (κ1) is 16.6. The number of nitrogens with one attached hydrogen (secondary N) is 1. The van der Waals surface area contributed by atoms with Gasteiger partial charge in [-0.2, -0.15) is 5.10 Å². The minimum Gasteiger partial charge on any atom is -0.507 e. The molecule has 126 valence electrons. The molecule has 0 spiro atoms. The zero-order valence-corrected chi connectivity index (χ0v) is 13.3. The van der Waals surface area contributed by atoms with Crippen molar-refractivity contribution < 1.29 is 18.7 Å². The molecule has 0 atom stereocenters. The van der Waals surface area contributed by atoms with Gasteiger partial charge in [0, 0.05) is 11.6 Å². The molecule has 0 radical (unpaired) electrons. The second-order valence-electron chi connectivity index (χ2n) is 5.48. The molecule has 0 saturated carbocycles. The molecule has 0 aliphatic heterocycles. The summed E-state index contributed by atoms with van der Waals surface area (Å²) in [7, 11) is 0. The van der Waals surface area contributed by atoms with E-state index in [1.807, 2.05) is 24.3 Å². The molecule has 0 bridgehead atoms. The third-order valence-electron chi connectivity index (χ3n) is 3.75. The van der Waals surface area contributed by atoms with E-state index in [1.54, 1.807) is 6.07 Å². The standard InChI is InChI=1S/C19H14F2N2O2/c1-11(15-7-6-14(20)10-17(15)21)22-23-19(25)16-8-12-4-2-3-5-13(12)9-18(16)24/h2-10,24H,1H3,(H,23,25). The van der Waals surface area contributed by atoms with Gasteiger partial charge in [-0.05, 0) is 42.0 Å². The van der Waals surface area contributed by atoms with Crippen molar-refractivity contribution in [2.24, 2.45) is 5.10 Å². The van der Waals surface area contributed by atoms with Gasteiger partial charge < -0.3 is 5.11 Å². The zero-order valence-electron chi connectivity index (χ0n) is 13.3. The van der Waals surface area contributed by atoms with E-state index in [-0.39, 0.29) is 22.6 Å². The van der Waals surface area contributed by atoms with E-state index >= 15 is 0 Å². The van der Waals surface area contributed by atoms with Gasteiger partial charge >= 0.3 is 0 Å². The van der Waals surface area contributed by atoms with Crippen molar-refractivity contribution in [3.63, 3.8) is 0 Å². The van der Waals surface area contributed by atoms with Crippen LogP contribution in [0, 0.1) is 11.6 Å². The molecule has 6 heteroatoms. The Bertz CT molecular complexity index is 1000. The fourth-order valence-electron chi connectivity index (χ4n) is 2.45. The lowest BCUT2D eigenvalue weighted by Crippen LogP contribution is -2.19. The average Bonchev–Trinajstić information content (AvgIpc) is 2.58. The Morgan fingerprint density at radius 3 is 2.36 bits per heavy atom. The van der Waals surface area contributed by atoms with Crippen LogP contribution in [0.4, 0.5) is 8.78 Å². The number of halogens is 2. The van der Waals surface area contributed by atoms with E-state index in [9.17, 15) is 18.7 Å². The van der Waals surface area contributed by atoms with Crippen LogP contribution in [0.5, 0.6) is 5.75 Å². The number of amides is 1. The molecule has 1 amide bonds. The molecule has 3 aromatic carbocycles. The highest BCUT2D eigenvalue weighted by atomic mass is 19.1. The quantitative estimate of drug-likeness (QED) is 0.560. The van der Waals surface area contributed by atoms with Gasteiger partial charge in [-0.25, -0.2) is 14.2 Å². The van der Waals surface area contributed by atoms with Gasteiger partial charge in [0.1, 0.15) is 17.4 Å². The first-order valence-electron chi connectivity index (χ1n) is 7.47. The maximum Gasteiger partial charge on any atom is 0.275 e. The number of rotatable bonds is 3. The first-order valence-corrected chi connectivity index (χ1v) is 7.47. The minimum absolute atomic E-state index is 0.0508. The largest absolute Gasteiger partial charge is 0.507 e. The summed E-state index contributed by atoms with van der Waals surface area (Å²) in [6, 6.07) is 13.4. The van der Waals surface area contributed by atoms with Crippen LogP contribution >= 0.6 is 0 Å². The number of aromatic hydroxyl groups is 1. The van der Waals surface area contributed by atoms with Crippen LogP contribution in [0.1, 0.15) is 22.8 Å². The third kappa shape index (κ3) is 3.47. The number of hydrazone groups is 1. The van der Waals surface area contributed by atoms with Gasteiger partial charge in [0.15, 0.2) is 0 Å². The van der Waals surface area contributed by atoms with Gasteiger partial charge in [-0.1, -0.05) is 24.3 Å². The van der Waals surface area contributed by atoms with Crippen molar-refractivity contribution in [2.45, 2.75) is 6.92 Å². The highest BCUT2D eigenvalue weighted by molar-refractivity contribution is 6.03. The fourth-order valence-corrected chi connectivity index (χ4v) is 2.45. The molecule has 0 aliphatic rings. The predicted molar refractivity (Wildman–Crippen MR) is 91.6 cm³/mol. The number of carbonyl (C=O) groups excluding carboxylic acids is 1. The number of phenols is 1. The lowest BCUT2D eigenvalue weighted by Gasteiger charge is -2.07. The Morgan fingerprint density at radius 2 is 1.68 bits per heavy atom. The highest BCUT2D eigenvalue weighted by Crippen LogP contribution is 2.24. The lowest BCUT2D eigenvalue weighted by atomic mass is 10.1. The van der Waals surface area contributed by atoms with Crippen LogP contribution in [-0.4, -0.2) is 16.7 Å². The van der Waals surface area contributed by atoms with E-state index in [1.165, 1.54) is 19.1 Å². The molecular formula is C19H14F2N2O2. The van der Waals surface area contributed by atoms with Crippen LogP contribution in [0.2, 0.25) is 0 Å². The Labute approximate surface area is 142 Å². The van der Waals surface area contributed by atoms with E-state index in [2.05, 4.69) is 10.5 Å². The molecule has 2 N–H and O–H groups in total. The molecule has 3 rings (SSSR count). The van der Waals surface area contributed by atoms with Crippen molar-refractivity contribution in [2.75, 3.05) is 0 Å². The van der Waals surface area contributed by atoms with Gasteiger partial charge in [0.2, 0.25) is 0 Å². The van der Waals surface area contributed by atoms with Crippen molar-refractivity contribution in [3.8, 4) is 5.75 Å². The zero-order chi connectivity index (χ0) is 18.0. The van der Waals surface area contributed by atoms with Crippen molar-refractivity contribution >= 4 is 22.4 Å². The molecule has 25 heavy (non-hydrogen) atoms. The van der Waals surface area contributed by atoms with Crippen molar-refractivity contribution in [1.82, 2.24) is 5.43 Å².